The van der Waals surface area contributed by atoms with Crippen LogP contribution in [0.15, 0.2) is 48.5 Å². The van der Waals surface area contributed by atoms with Crippen molar-refractivity contribution in [2.45, 2.75) is 32.3 Å². The monoisotopic (exact) mass is 360 g/mol. The molecule has 1 atom stereocenters. The van der Waals surface area contributed by atoms with Gasteiger partial charge in [0, 0.05) is 29.9 Å². The van der Waals surface area contributed by atoms with Crippen LogP contribution in [0.4, 0.5) is 10.5 Å². The number of nitrogens with one attached hydrogen (secondary N) is 2. The molecule has 25 heavy (non-hydrogen) atoms. The molecule has 0 heterocycles. The summed E-state index contributed by atoms with van der Waals surface area (Å²) in [6, 6.07) is 15.0. The molecular formula is C20H25ClN2O2. The molecule has 1 unspecified atom stereocenters. The van der Waals surface area contributed by atoms with Crippen molar-refractivity contribution in [2.75, 3.05) is 19.0 Å². The van der Waals surface area contributed by atoms with Gasteiger partial charge in [-0.1, -0.05) is 62.7 Å². The van der Waals surface area contributed by atoms with Crippen molar-refractivity contribution < 1.29 is 9.53 Å². The summed E-state index contributed by atoms with van der Waals surface area (Å²) >= 11 is 6.19. The number of anilines is 1. The van der Waals surface area contributed by atoms with Gasteiger partial charge in [0.1, 0.15) is 6.10 Å². The lowest BCUT2D eigenvalue weighted by atomic mass is 9.87. The van der Waals surface area contributed by atoms with Gasteiger partial charge in [0.15, 0.2) is 0 Å². The van der Waals surface area contributed by atoms with Crippen LogP contribution < -0.4 is 10.6 Å². The van der Waals surface area contributed by atoms with Gasteiger partial charge in [0.05, 0.1) is 0 Å². The van der Waals surface area contributed by atoms with Crippen LogP contribution in [0, 0.1) is 0 Å². The van der Waals surface area contributed by atoms with Crippen LogP contribution in [0.25, 0.3) is 0 Å². The fourth-order valence-corrected chi connectivity index (χ4v) is 2.73. The molecule has 2 aromatic carbocycles. The van der Waals surface area contributed by atoms with E-state index in [1.807, 2.05) is 42.5 Å². The molecule has 0 aliphatic heterocycles. The Morgan fingerprint density at radius 3 is 2.32 bits per heavy atom. The van der Waals surface area contributed by atoms with Crippen LogP contribution in [-0.4, -0.2) is 19.7 Å². The summed E-state index contributed by atoms with van der Waals surface area (Å²) in [4.78, 5) is 12.1. The van der Waals surface area contributed by atoms with Crippen LogP contribution in [-0.2, 0) is 10.2 Å². The minimum absolute atomic E-state index is 0.0847. The number of amides is 2. The normalized spacial score (nSPS) is 12.5. The summed E-state index contributed by atoms with van der Waals surface area (Å²) in [5.74, 6) is 0. The first kappa shape index (κ1) is 19.3. The summed E-state index contributed by atoms with van der Waals surface area (Å²) in [5.41, 5.74) is 2.90. The van der Waals surface area contributed by atoms with E-state index < -0.39 is 0 Å². The highest BCUT2D eigenvalue weighted by atomic mass is 35.5. The van der Waals surface area contributed by atoms with Crippen molar-refractivity contribution in [3.8, 4) is 0 Å². The molecule has 4 nitrogen and oxygen atoms in total. The van der Waals surface area contributed by atoms with Crippen LogP contribution in [0.2, 0.25) is 5.02 Å². The topological polar surface area (TPSA) is 50.4 Å². The molecule has 134 valence electrons. The maximum atomic E-state index is 12.1. The molecule has 0 radical (unpaired) electrons. The molecule has 0 aliphatic carbocycles. The number of hydrogen-bond donors (Lipinski definition) is 2. The summed E-state index contributed by atoms with van der Waals surface area (Å²) in [5, 5.41) is 6.27. The lowest BCUT2D eigenvalue weighted by Gasteiger charge is -2.20. The number of halogens is 1. The Morgan fingerprint density at radius 1 is 1.12 bits per heavy atom. The van der Waals surface area contributed by atoms with Crippen molar-refractivity contribution in [2.24, 2.45) is 0 Å². The zero-order valence-electron chi connectivity index (χ0n) is 15.1. The quantitative estimate of drug-likeness (QED) is 0.774. The SMILES string of the molecule is COC(CNC(=O)Nc1ccc(C(C)(C)C)cc1)c1ccccc1Cl. The Bertz CT molecular complexity index is 708. The maximum absolute atomic E-state index is 12.1. The third-order valence-electron chi connectivity index (χ3n) is 3.99. The average Bonchev–Trinajstić information content (AvgIpc) is 2.56. The van der Waals surface area contributed by atoms with Gasteiger partial charge in [-0.3, -0.25) is 0 Å². The second kappa shape index (κ2) is 8.37. The maximum Gasteiger partial charge on any atom is 0.319 e. The van der Waals surface area contributed by atoms with Crippen molar-refractivity contribution >= 4 is 23.3 Å². The number of rotatable bonds is 5. The van der Waals surface area contributed by atoms with E-state index >= 15 is 0 Å². The van der Waals surface area contributed by atoms with E-state index in [0.29, 0.717) is 11.6 Å². The first-order chi connectivity index (χ1) is 11.8. The summed E-state index contributed by atoms with van der Waals surface area (Å²) in [6.07, 6.45) is -0.303. The van der Waals surface area contributed by atoms with Crippen LogP contribution in [0.1, 0.15) is 38.0 Å². The Kier molecular flexibility index (Phi) is 6.45. The van der Waals surface area contributed by atoms with Gasteiger partial charge in [0.25, 0.3) is 0 Å². The molecule has 0 aromatic heterocycles. The first-order valence-corrected chi connectivity index (χ1v) is 8.61. The van der Waals surface area contributed by atoms with Gasteiger partial charge in [-0.15, -0.1) is 0 Å². The number of methoxy groups -OCH3 is 1. The Balaban J connectivity index is 1.92. The number of urea groups is 1. The van der Waals surface area contributed by atoms with Crippen LogP contribution in [0.5, 0.6) is 0 Å². The van der Waals surface area contributed by atoms with Gasteiger partial charge in [-0.05, 0) is 29.2 Å². The number of carbonyl (C=O) groups is 1. The van der Waals surface area contributed by atoms with E-state index in [1.54, 1.807) is 13.2 Å². The fraction of sp³-hybridized carbons (Fsp3) is 0.350. The molecule has 0 spiro atoms. The number of hydrogen-bond acceptors (Lipinski definition) is 2. The molecular weight excluding hydrogens is 336 g/mol. The van der Waals surface area contributed by atoms with Crippen molar-refractivity contribution in [1.29, 1.82) is 0 Å². The molecule has 0 saturated carbocycles. The van der Waals surface area contributed by atoms with E-state index in [1.165, 1.54) is 5.56 Å². The lowest BCUT2D eigenvalue weighted by Crippen LogP contribution is -2.33. The van der Waals surface area contributed by atoms with Crippen molar-refractivity contribution in [3.05, 3.63) is 64.7 Å². The Labute approximate surface area is 154 Å². The fourth-order valence-electron chi connectivity index (χ4n) is 2.47. The molecule has 2 amide bonds. The average molecular weight is 361 g/mol. The van der Waals surface area contributed by atoms with Gasteiger partial charge in [0.2, 0.25) is 0 Å². The third-order valence-corrected chi connectivity index (χ3v) is 4.34. The number of benzene rings is 2. The van der Waals surface area contributed by atoms with E-state index in [0.717, 1.165) is 11.3 Å². The second-order valence-corrected chi connectivity index (χ2v) is 7.32. The van der Waals surface area contributed by atoms with Gasteiger partial charge in [-0.25, -0.2) is 4.79 Å². The lowest BCUT2D eigenvalue weighted by molar-refractivity contribution is 0.104. The smallest absolute Gasteiger partial charge is 0.319 e. The minimum atomic E-state index is -0.303. The first-order valence-electron chi connectivity index (χ1n) is 8.24. The van der Waals surface area contributed by atoms with E-state index in [4.69, 9.17) is 16.3 Å². The predicted molar refractivity (Wildman–Crippen MR) is 103 cm³/mol. The van der Waals surface area contributed by atoms with E-state index in [-0.39, 0.29) is 17.6 Å². The predicted octanol–water partition coefficient (Wildman–Crippen LogP) is 5.15. The van der Waals surface area contributed by atoms with Crippen molar-refractivity contribution in [1.82, 2.24) is 5.32 Å². The molecule has 2 N–H and O–H groups in total. The zero-order valence-corrected chi connectivity index (χ0v) is 15.9. The highest BCUT2D eigenvalue weighted by molar-refractivity contribution is 6.31. The Morgan fingerprint density at radius 2 is 1.76 bits per heavy atom. The molecule has 0 aliphatic rings. The highest BCUT2D eigenvalue weighted by Gasteiger charge is 2.16. The largest absolute Gasteiger partial charge is 0.375 e. The summed E-state index contributed by atoms with van der Waals surface area (Å²) in [6.45, 7) is 6.79. The molecule has 2 rings (SSSR count). The van der Waals surface area contributed by atoms with E-state index in [9.17, 15) is 4.79 Å². The van der Waals surface area contributed by atoms with Gasteiger partial charge < -0.3 is 15.4 Å². The van der Waals surface area contributed by atoms with Crippen LogP contribution in [0.3, 0.4) is 0 Å². The number of carbonyl (C=O) groups excluding carboxylic acids is 1. The highest BCUT2D eigenvalue weighted by Crippen LogP contribution is 2.25. The molecule has 0 bridgehead atoms. The van der Waals surface area contributed by atoms with Crippen LogP contribution >= 0.6 is 11.6 Å². The third kappa shape index (κ3) is 5.48. The van der Waals surface area contributed by atoms with Crippen molar-refractivity contribution in [3.63, 3.8) is 0 Å². The summed E-state index contributed by atoms with van der Waals surface area (Å²) < 4.78 is 5.44. The molecule has 2 aromatic rings. The minimum Gasteiger partial charge on any atom is -0.375 e. The Hall–Kier alpha value is -2.04. The van der Waals surface area contributed by atoms with E-state index in [2.05, 4.69) is 31.4 Å². The van der Waals surface area contributed by atoms with Gasteiger partial charge in [-0.2, -0.15) is 0 Å². The zero-order chi connectivity index (χ0) is 18.4. The standard InChI is InChI=1S/C20H25ClN2O2/c1-20(2,3)14-9-11-15(12-10-14)23-19(24)22-13-18(25-4)16-7-5-6-8-17(16)21/h5-12,18H,13H2,1-4H3,(H2,22,23,24). The summed E-state index contributed by atoms with van der Waals surface area (Å²) in [7, 11) is 1.60. The second-order valence-electron chi connectivity index (χ2n) is 6.91. The molecule has 5 heteroatoms. The molecule has 0 fully saturated rings. The van der Waals surface area contributed by atoms with Gasteiger partial charge >= 0.3 is 6.03 Å². The molecule has 0 saturated heterocycles. The number of ether oxygens (including phenoxy) is 1.